The number of aliphatic hydroxyl groups excluding tert-OH is 1. The molecule has 8 heteroatoms. The van der Waals surface area contributed by atoms with Gasteiger partial charge in [-0.2, -0.15) is 0 Å². The first-order valence-corrected chi connectivity index (χ1v) is 7.64. The summed E-state index contributed by atoms with van der Waals surface area (Å²) in [6.07, 6.45) is 0. The Morgan fingerprint density at radius 1 is 1.38 bits per heavy atom. The fraction of sp³-hybridized carbons (Fsp3) is 0.308. The lowest BCUT2D eigenvalue weighted by Gasteiger charge is -2.08. The third-order valence-corrected chi connectivity index (χ3v) is 4.50. The number of halogens is 1. The molecule has 1 heterocycles. The van der Waals surface area contributed by atoms with E-state index in [0.717, 1.165) is 12.1 Å². The summed E-state index contributed by atoms with van der Waals surface area (Å²) in [5.41, 5.74) is 1.49. The number of aromatic nitrogens is 1. The summed E-state index contributed by atoms with van der Waals surface area (Å²) in [4.78, 5) is -0.499. The largest absolute Gasteiger partial charge is 0.392 e. The van der Waals surface area contributed by atoms with Crippen molar-refractivity contribution in [2.45, 2.75) is 31.9 Å². The van der Waals surface area contributed by atoms with E-state index in [9.17, 15) is 12.8 Å². The smallest absolute Gasteiger partial charge is 0.243 e. The lowest BCUT2D eigenvalue weighted by molar-refractivity contribution is 0.281. The zero-order valence-electron chi connectivity index (χ0n) is 11.6. The molecule has 0 radical (unpaired) electrons. The molecule has 114 valence electrons. The summed E-state index contributed by atoms with van der Waals surface area (Å²) in [6, 6.07) is 3.43. The summed E-state index contributed by atoms with van der Waals surface area (Å²) in [5, 5.41) is 12.7. The fourth-order valence-corrected chi connectivity index (χ4v) is 2.97. The second-order valence-electron chi connectivity index (χ2n) is 4.55. The second-order valence-corrected chi connectivity index (χ2v) is 6.29. The Balaban J connectivity index is 2.27. The van der Waals surface area contributed by atoms with Crippen LogP contribution < -0.4 is 4.72 Å². The Labute approximate surface area is 121 Å². The Hall–Kier alpha value is -1.77. The van der Waals surface area contributed by atoms with E-state index in [2.05, 4.69) is 9.88 Å². The van der Waals surface area contributed by atoms with Crippen LogP contribution in [0.4, 0.5) is 4.39 Å². The monoisotopic (exact) mass is 314 g/mol. The van der Waals surface area contributed by atoms with Crippen LogP contribution in [0.5, 0.6) is 0 Å². The zero-order chi connectivity index (χ0) is 15.6. The van der Waals surface area contributed by atoms with Gasteiger partial charge in [0, 0.05) is 12.1 Å². The number of nitrogens with zero attached hydrogens (tertiary/aromatic N) is 1. The molecule has 1 aromatic carbocycles. The molecule has 0 atom stereocenters. The molecule has 0 saturated heterocycles. The van der Waals surface area contributed by atoms with Gasteiger partial charge in [0.15, 0.2) is 0 Å². The maximum atomic E-state index is 13.7. The van der Waals surface area contributed by atoms with Gasteiger partial charge in [0.1, 0.15) is 16.5 Å². The summed E-state index contributed by atoms with van der Waals surface area (Å²) < 4.78 is 45.2. The van der Waals surface area contributed by atoms with Crippen LogP contribution in [0.15, 0.2) is 27.6 Å². The van der Waals surface area contributed by atoms with Crippen LogP contribution in [0.1, 0.15) is 22.6 Å². The highest BCUT2D eigenvalue weighted by molar-refractivity contribution is 7.89. The van der Waals surface area contributed by atoms with Gasteiger partial charge >= 0.3 is 0 Å². The first-order valence-electron chi connectivity index (χ1n) is 6.16. The molecule has 0 spiro atoms. The van der Waals surface area contributed by atoms with E-state index in [1.807, 2.05) is 0 Å². The average Bonchev–Trinajstić information content (AvgIpc) is 2.76. The lowest BCUT2D eigenvalue weighted by atomic mass is 10.2. The molecule has 0 aliphatic heterocycles. The van der Waals surface area contributed by atoms with E-state index >= 15 is 0 Å². The van der Waals surface area contributed by atoms with Gasteiger partial charge in [0.25, 0.3) is 0 Å². The molecule has 0 aliphatic rings. The minimum atomic E-state index is -4.04. The summed E-state index contributed by atoms with van der Waals surface area (Å²) in [5.74, 6) is -0.377. The Morgan fingerprint density at radius 3 is 2.67 bits per heavy atom. The summed E-state index contributed by atoms with van der Waals surface area (Å²) >= 11 is 0. The Morgan fingerprint density at radius 2 is 2.10 bits per heavy atom. The topological polar surface area (TPSA) is 92.4 Å². The van der Waals surface area contributed by atoms with Crippen molar-refractivity contribution in [3.8, 4) is 0 Å². The van der Waals surface area contributed by atoms with Crippen LogP contribution in [-0.2, 0) is 23.2 Å². The van der Waals surface area contributed by atoms with Gasteiger partial charge in [0.05, 0.1) is 12.3 Å². The molecule has 0 amide bonds. The Kier molecular flexibility index (Phi) is 4.40. The molecule has 6 nitrogen and oxygen atoms in total. The number of hydrogen-bond acceptors (Lipinski definition) is 5. The molecule has 0 aliphatic carbocycles. The van der Waals surface area contributed by atoms with Crippen LogP contribution in [0.3, 0.4) is 0 Å². The molecule has 21 heavy (non-hydrogen) atoms. The van der Waals surface area contributed by atoms with Crippen LogP contribution in [0.25, 0.3) is 0 Å². The van der Waals surface area contributed by atoms with Crippen molar-refractivity contribution >= 4 is 10.0 Å². The van der Waals surface area contributed by atoms with E-state index in [0.29, 0.717) is 22.6 Å². The van der Waals surface area contributed by atoms with Crippen molar-refractivity contribution < 1.29 is 22.4 Å². The van der Waals surface area contributed by atoms with Gasteiger partial charge in [-0.15, -0.1) is 0 Å². The first kappa shape index (κ1) is 15.6. The molecule has 1 aromatic heterocycles. The van der Waals surface area contributed by atoms with E-state index in [1.54, 1.807) is 13.8 Å². The van der Waals surface area contributed by atoms with Crippen molar-refractivity contribution in [1.82, 2.24) is 9.88 Å². The van der Waals surface area contributed by atoms with E-state index in [1.165, 1.54) is 6.07 Å². The molecular formula is C13H15FN2O4S. The van der Waals surface area contributed by atoms with E-state index < -0.39 is 20.7 Å². The average molecular weight is 314 g/mol. The molecule has 2 aromatic rings. The minimum absolute atomic E-state index is 0.0493. The maximum Gasteiger partial charge on any atom is 0.243 e. The number of aryl methyl sites for hydroxylation is 2. The molecule has 0 bridgehead atoms. The molecular weight excluding hydrogens is 299 g/mol. The van der Waals surface area contributed by atoms with Gasteiger partial charge in [-0.3, -0.25) is 0 Å². The van der Waals surface area contributed by atoms with E-state index in [-0.39, 0.29) is 13.2 Å². The highest BCUT2D eigenvalue weighted by Crippen LogP contribution is 2.18. The molecule has 0 saturated carbocycles. The van der Waals surface area contributed by atoms with Crippen LogP contribution in [0.2, 0.25) is 0 Å². The van der Waals surface area contributed by atoms with Crippen molar-refractivity contribution in [1.29, 1.82) is 0 Å². The fourth-order valence-electron chi connectivity index (χ4n) is 1.85. The van der Waals surface area contributed by atoms with Gasteiger partial charge in [0.2, 0.25) is 10.0 Å². The Bertz CT molecular complexity index is 736. The first-order chi connectivity index (χ1) is 9.85. The predicted molar refractivity (Wildman–Crippen MR) is 72.3 cm³/mol. The van der Waals surface area contributed by atoms with Crippen LogP contribution in [-0.4, -0.2) is 18.7 Å². The standard InChI is InChI=1S/C13H15FN2O4S/c1-8-11(9(2)20-16-8)6-15-21(18,19)13-5-10(7-17)3-4-12(13)14/h3-5,15,17H,6-7H2,1-2H3. The number of rotatable bonds is 5. The van der Waals surface area contributed by atoms with Gasteiger partial charge in [-0.25, -0.2) is 17.5 Å². The quantitative estimate of drug-likeness (QED) is 0.870. The molecule has 2 rings (SSSR count). The predicted octanol–water partition coefficient (Wildman–Crippen LogP) is 1.40. The van der Waals surface area contributed by atoms with Crippen molar-refractivity contribution in [2.75, 3.05) is 0 Å². The van der Waals surface area contributed by atoms with Gasteiger partial charge in [-0.1, -0.05) is 11.2 Å². The number of benzene rings is 1. The van der Waals surface area contributed by atoms with Gasteiger partial charge < -0.3 is 9.63 Å². The van der Waals surface area contributed by atoms with E-state index in [4.69, 9.17) is 9.63 Å². The highest BCUT2D eigenvalue weighted by Gasteiger charge is 2.21. The highest BCUT2D eigenvalue weighted by atomic mass is 32.2. The third-order valence-electron chi connectivity index (χ3n) is 3.09. The maximum absolute atomic E-state index is 13.7. The summed E-state index contributed by atoms with van der Waals surface area (Å²) in [6.45, 7) is 2.93. The van der Waals surface area contributed by atoms with Crippen molar-refractivity contribution in [3.63, 3.8) is 0 Å². The summed E-state index contributed by atoms with van der Waals surface area (Å²) in [7, 11) is -4.04. The van der Waals surface area contributed by atoms with Crippen molar-refractivity contribution in [2.24, 2.45) is 0 Å². The van der Waals surface area contributed by atoms with Crippen LogP contribution in [0, 0.1) is 19.7 Å². The van der Waals surface area contributed by atoms with Crippen LogP contribution >= 0.6 is 0 Å². The molecule has 0 fully saturated rings. The third kappa shape index (κ3) is 3.29. The zero-order valence-corrected chi connectivity index (χ0v) is 12.4. The van der Waals surface area contributed by atoms with Gasteiger partial charge in [-0.05, 0) is 31.5 Å². The number of sulfonamides is 1. The second kappa shape index (κ2) is 5.92. The SMILES string of the molecule is Cc1noc(C)c1CNS(=O)(=O)c1cc(CO)ccc1F. The minimum Gasteiger partial charge on any atom is -0.392 e. The molecule has 2 N–H and O–H groups in total. The van der Waals surface area contributed by atoms with Crippen molar-refractivity contribution in [3.05, 3.63) is 46.6 Å². The number of hydrogen-bond donors (Lipinski definition) is 2. The number of nitrogens with one attached hydrogen (secondary N) is 1. The molecule has 0 unspecified atom stereocenters. The lowest BCUT2D eigenvalue weighted by Crippen LogP contribution is -2.24. The normalized spacial score (nSPS) is 11.8. The number of aliphatic hydroxyl groups is 1.